The van der Waals surface area contributed by atoms with Crippen LogP contribution in [-0.4, -0.2) is 33.8 Å². The summed E-state index contributed by atoms with van der Waals surface area (Å²) in [5.74, 6) is 0.467. The van der Waals surface area contributed by atoms with E-state index in [-0.39, 0.29) is 5.56 Å². The molecule has 2 aromatic rings. The average molecular weight is 472 g/mol. The van der Waals surface area contributed by atoms with E-state index in [0.29, 0.717) is 37.7 Å². The van der Waals surface area contributed by atoms with E-state index >= 15 is 0 Å². The molecule has 0 unspecified atom stereocenters. The van der Waals surface area contributed by atoms with Crippen molar-refractivity contribution in [2.24, 2.45) is 5.92 Å². The quantitative estimate of drug-likeness (QED) is 0.258. The van der Waals surface area contributed by atoms with Crippen LogP contribution < -0.4 is 5.32 Å². The van der Waals surface area contributed by atoms with Crippen molar-refractivity contribution in [1.82, 2.24) is 9.97 Å². The van der Waals surface area contributed by atoms with E-state index in [4.69, 9.17) is 23.2 Å². The predicted octanol–water partition coefficient (Wildman–Crippen LogP) is 6.49. The summed E-state index contributed by atoms with van der Waals surface area (Å²) < 4.78 is 0. The molecule has 0 radical (unpaired) electrons. The van der Waals surface area contributed by atoms with Crippen molar-refractivity contribution >= 4 is 58.5 Å². The van der Waals surface area contributed by atoms with Crippen LogP contribution in [0.2, 0.25) is 10.0 Å². The van der Waals surface area contributed by atoms with Crippen molar-refractivity contribution in [3.8, 4) is 0 Å². The molecule has 2 N–H and O–H groups in total. The fourth-order valence-electron chi connectivity index (χ4n) is 3.35. The molecule has 1 aliphatic rings. The van der Waals surface area contributed by atoms with Crippen LogP contribution in [0.25, 0.3) is 0 Å². The third-order valence-electron chi connectivity index (χ3n) is 4.89. The number of nitrogens with one attached hydrogen (secondary N) is 1. The third-order valence-corrected chi connectivity index (χ3v) is 7.23. The Hall–Kier alpha value is -1.15. The minimum Gasteiger partial charge on any atom is -0.477 e. The molecule has 1 saturated carbocycles. The number of hydrogen-bond acceptors (Lipinski definition) is 6. The largest absolute Gasteiger partial charge is 0.477 e. The number of anilines is 1. The highest BCUT2D eigenvalue weighted by atomic mass is 35.5. The number of aromatic carboxylic acids is 1. The first-order valence-electron chi connectivity index (χ1n) is 9.48. The molecular formula is C20H23Cl2N3O2S2. The van der Waals surface area contributed by atoms with E-state index in [9.17, 15) is 9.90 Å². The minimum atomic E-state index is -1.03. The fraction of sp³-hybridized carbons (Fsp3) is 0.450. The molecule has 0 amide bonds. The van der Waals surface area contributed by atoms with Gasteiger partial charge in [0.15, 0.2) is 5.16 Å². The van der Waals surface area contributed by atoms with Gasteiger partial charge in [0.25, 0.3) is 0 Å². The Kier molecular flexibility index (Phi) is 8.35. The van der Waals surface area contributed by atoms with Gasteiger partial charge in [0.1, 0.15) is 16.4 Å². The summed E-state index contributed by atoms with van der Waals surface area (Å²) in [4.78, 5) is 20.9. The second-order valence-corrected chi connectivity index (χ2v) is 9.52. The van der Waals surface area contributed by atoms with Gasteiger partial charge in [-0.3, -0.25) is 0 Å². The Morgan fingerprint density at radius 3 is 2.62 bits per heavy atom. The molecule has 1 aliphatic carbocycles. The van der Waals surface area contributed by atoms with Gasteiger partial charge in [-0.2, -0.15) is 0 Å². The monoisotopic (exact) mass is 471 g/mol. The molecule has 0 aliphatic heterocycles. The number of halogens is 2. The number of carboxylic acid groups (broad SMARTS) is 1. The van der Waals surface area contributed by atoms with E-state index in [0.717, 1.165) is 12.1 Å². The summed E-state index contributed by atoms with van der Waals surface area (Å²) in [6, 6.07) is 5.40. The molecule has 9 heteroatoms. The second-order valence-electron chi connectivity index (χ2n) is 6.97. The molecule has 3 rings (SSSR count). The molecular weight excluding hydrogens is 449 g/mol. The molecule has 0 atom stereocenters. The Labute approximate surface area is 189 Å². The van der Waals surface area contributed by atoms with Gasteiger partial charge in [0.05, 0.1) is 10.0 Å². The fourth-order valence-corrected chi connectivity index (χ4v) is 5.06. The summed E-state index contributed by atoms with van der Waals surface area (Å²) in [5.41, 5.74) is 1.07. The Morgan fingerprint density at radius 1 is 1.21 bits per heavy atom. The maximum absolute atomic E-state index is 12.0. The number of carboxylic acids is 1. The van der Waals surface area contributed by atoms with E-state index in [1.54, 1.807) is 12.1 Å². The minimum absolute atomic E-state index is 0.128. The highest BCUT2D eigenvalue weighted by Gasteiger charge is 2.22. The van der Waals surface area contributed by atoms with Crippen molar-refractivity contribution in [1.29, 1.82) is 0 Å². The van der Waals surface area contributed by atoms with Crippen LogP contribution >= 0.6 is 46.7 Å². The summed E-state index contributed by atoms with van der Waals surface area (Å²) >= 11 is 14.8. The normalized spacial score (nSPS) is 14.7. The number of carbonyl (C=O) groups is 1. The van der Waals surface area contributed by atoms with Crippen LogP contribution in [-0.2, 0) is 5.75 Å². The molecule has 1 aromatic heterocycles. The Morgan fingerprint density at radius 2 is 1.97 bits per heavy atom. The smallest absolute Gasteiger partial charge is 0.342 e. The summed E-state index contributed by atoms with van der Waals surface area (Å²) in [6.07, 6.45) is 8.00. The highest BCUT2D eigenvalue weighted by molar-refractivity contribution is 7.99. The Bertz CT molecular complexity index is 877. The first-order chi connectivity index (χ1) is 14.0. The van der Waals surface area contributed by atoms with Gasteiger partial charge >= 0.3 is 5.97 Å². The van der Waals surface area contributed by atoms with Gasteiger partial charge in [0.2, 0.25) is 0 Å². The van der Waals surface area contributed by atoms with Crippen LogP contribution in [0.15, 0.2) is 28.4 Å². The van der Waals surface area contributed by atoms with Gasteiger partial charge < -0.3 is 10.4 Å². The van der Waals surface area contributed by atoms with E-state index in [2.05, 4.69) is 15.3 Å². The van der Waals surface area contributed by atoms with Crippen LogP contribution in [0.4, 0.5) is 5.82 Å². The number of benzene rings is 1. The van der Waals surface area contributed by atoms with E-state index < -0.39 is 5.97 Å². The lowest BCUT2D eigenvalue weighted by Gasteiger charge is -2.22. The summed E-state index contributed by atoms with van der Waals surface area (Å²) in [6.45, 7) is 0.738. The summed E-state index contributed by atoms with van der Waals surface area (Å²) in [7, 11) is 0. The van der Waals surface area contributed by atoms with Crippen molar-refractivity contribution in [3.05, 3.63) is 39.4 Å². The number of hydrogen-bond donors (Lipinski definition) is 2. The van der Waals surface area contributed by atoms with Gasteiger partial charge in [-0.1, -0.05) is 60.3 Å². The molecule has 0 bridgehead atoms. The predicted molar refractivity (Wildman–Crippen MR) is 122 cm³/mol. The zero-order chi connectivity index (χ0) is 20.8. The lowest BCUT2D eigenvalue weighted by molar-refractivity contribution is 0.0692. The molecule has 1 fully saturated rings. The molecule has 1 aromatic carbocycles. The first-order valence-corrected chi connectivity index (χ1v) is 12.4. The number of thioether (sulfide) groups is 2. The van der Waals surface area contributed by atoms with Gasteiger partial charge in [0, 0.05) is 12.3 Å². The molecule has 0 saturated heterocycles. The van der Waals surface area contributed by atoms with Crippen LogP contribution in [0.1, 0.15) is 48.0 Å². The van der Waals surface area contributed by atoms with Gasteiger partial charge in [-0.15, -0.1) is 11.8 Å². The SMILES string of the molecule is CSc1nc(NCC2CCCCC2)c(C(=O)O)c(SCc2ccc(Cl)c(Cl)c2)n1. The lowest BCUT2D eigenvalue weighted by Crippen LogP contribution is -2.20. The topological polar surface area (TPSA) is 75.1 Å². The molecule has 0 spiro atoms. The molecule has 1 heterocycles. The number of nitrogens with zero attached hydrogens (tertiary/aromatic N) is 2. The number of rotatable bonds is 8. The average Bonchev–Trinajstić information content (AvgIpc) is 2.73. The van der Waals surface area contributed by atoms with Crippen molar-refractivity contribution in [2.75, 3.05) is 18.1 Å². The standard InChI is InChI=1S/C20H23Cl2N3O2S2/c1-28-20-24-17(23-10-12-5-3-2-4-6-12)16(19(26)27)18(25-20)29-11-13-7-8-14(21)15(22)9-13/h7-9,12H,2-6,10-11H2,1H3,(H,26,27)(H,23,24,25). The zero-order valence-corrected chi connectivity index (χ0v) is 19.2. The van der Waals surface area contributed by atoms with Crippen LogP contribution in [0.5, 0.6) is 0 Å². The third kappa shape index (κ3) is 6.17. The molecule has 156 valence electrons. The maximum Gasteiger partial charge on any atom is 0.342 e. The zero-order valence-electron chi connectivity index (χ0n) is 16.1. The lowest BCUT2D eigenvalue weighted by atomic mass is 9.89. The number of aromatic nitrogens is 2. The van der Waals surface area contributed by atoms with Gasteiger partial charge in [-0.05, 0) is 42.7 Å². The van der Waals surface area contributed by atoms with Crippen molar-refractivity contribution in [3.63, 3.8) is 0 Å². The van der Waals surface area contributed by atoms with Crippen molar-refractivity contribution in [2.45, 2.75) is 48.0 Å². The van der Waals surface area contributed by atoms with Crippen LogP contribution in [0.3, 0.4) is 0 Å². The van der Waals surface area contributed by atoms with E-state index in [1.807, 2.05) is 12.3 Å². The maximum atomic E-state index is 12.0. The molecule has 29 heavy (non-hydrogen) atoms. The first kappa shape index (κ1) is 22.5. The molecule has 5 nitrogen and oxygen atoms in total. The Balaban J connectivity index is 1.82. The summed E-state index contributed by atoms with van der Waals surface area (Å²) in [5, 5.41) is 15.1. The van der Waals surface area contributed by atoms with E-state index in [1.165, 1.54) is 55.6 Å². The second kappa shape index (κ2) is 10.8. The van der Waals surface area contributed by atoms with Crippen molar-refractivity contribution < 1.29 is 9.90 Å². The highest BCUT2D eigenvalue weighted by Crippen LogP contribution is 2.33. The van der Waals surface area contributed by atoms with Gasteiger partial charge in [-0.25, -0.2) is 14.8 Å². The van der Waals surface area contributed by atoms with Crippen LogP contribution in [0, 0.1) is 5.92 Å².